The highest BCUT2D eigenvalue weighted by molar-refractivity contribution is 5.92. The van der Waals surface area contributed by atoms with Crippen LogP contribution in [0.15, 0.2) is 34.0 Å². The number of H-pyrrole nitrogens is 1. The van der Waals surface area contributed by atoms with Crippen LogP contribution in [0.25, 0.3) is 0 Å². The van der Waals surface area contributed by atoms with Crippen molar-refractivity contribution in [2.75, 3.05) is 11.9 Å². The summed E-state index contributed by atoms with van der Waals surface area (Å²) in [5.41, 5.74) is -1.99. The summed E-state index contributed by atoms with van der Waals surface area (Å²) >= 11 is 0. The first-order valence-corrected chi connectivity index (χ1v) is 6.65. The van der Waals surface area contributed by atoms with E-state index in [9.17, 15) is 23.9 Å². The van der Waals surface area contributed by atoms with E-state index in [1.165, 1.54) is 18.2 Å². The second kappa shape index (κ2) is 6.77. The number of phenols is 1. The van der Waals surface area contributed by atoms with Crippen molar-refractivity contribution in [3.63, 3.8) is 0 Å². The SMILES string of the molecule is CCOc1ccc(O)c(NC(=O)Cn2cc(F)c(=O)[nH]c2=O)c1. The summed E-state index contributed by atoms with van der Waals surface area (Å²) in [4.78, 5) is 36.1. The third-order valence-corrected chi connectivity index (χ3v) is 2.83. The quantitative estimate of drug-likeness (QED) is 0.690. The molecule has 2 aromatic rings. The highest BCUT2D eigenvalue weighted by atomic mass is 19.1. The van der Waals surface area contributed by atoms with Crippen LogP contribution in [0.2, 0.25) is 0 Å². The molecule has 0 fully saturated rings. The number of hydrogen-bond donors (Lipinski definition) is 3. The van der Waals surface area contributed by atoms with Gasteiger partial charge in [0.05, 0.1) is 18.5 Å². The van der Waals surface area contributed by atoms with Gasteiger partial charge in [0.2, 0.25) is 11.7 Å². The maximum atomic E-state index is 13.1. The van der Waals surface area contributed by atoms with Crippen LogP contribution in [-0.2, 0) is 11.3 Å². The van der Waals surface area contributed by atoms with E-state index >= 15 is 0 Å². The van der Waals surface area contributed by atoms with E-state index in [4.69, 9.17) is 4.74 Å². The molecule has 0 unspecified atom stereocenters. The number of carbonyl (C=O) groups excluding carboxylic acids is 1. The van der Waals surface area contributed by atoms with Crippen molar-refractivity contribution < 1.29 is 19.0 Å². The van der Waals surface area contributed by atoms with Crippen molar-refractivity contribution in [2.24, 2.45) is 0 Å². The Morgan fingerprint density at radius 1 is 1.43 bits per heavy atom. The number of nitrogens with one attached hydrogen (secondary N) is 2. The number of phenolic OH excluding ortho intramolecular Hbond substituents is 1. The van der Waals surface area contributed by atoms with Gasteiger partial charge in [-0.25, -0.2) is 4.79 Å². The van der Waals surface area contributed by atoms with Gasteiger partial charge in [-0.3, -0.25) is 19.1 Å². The van der Waals surface area contributed by atoms with Gasteiger partial charge in [0.1, 0.15) is 18.0 Å². The second-order valence-electron chi connectivity index (χ2n) is 4.52. The van der Waals surface area contributed by atoms with Crippen LogP contribution in [0.1, 0.15) is 6.92 Å². The summed E-state index contributed by atoms with van der Waals surface area (Å²) in [6.45, 7) is 1.65. The first kappa shape index (κ1) is 16.3. The fraction of sp³-hybridized carbons (Fsp3) is 0.214. The topological polar surface area (TPSA) is 113 Å². The highest BCUT2D eigenvalue weighted by Gasteiger charge is 2.11. The van der Waals surface area contributed by atoms with E-state index in [1.807, 2.05) is 0 Å². The molecule has 0 spiro atoms. The minimum atomic E-state index is -1.18. The Morgan fingerprint density at radius 2 is 2.17 bits per heavy atom. The minimum absolute atomic E-state index is 0.0823. The number of nitrogens with zero attached hydrogens (tertiary/aromatic N) is 1. The Hall–Kier alpha value is -3.10. The minimum Gasteiger partial charge on any atom is -0.506 e. The van der Waals surface area contributed by atoms with Crippen LogP contribution in [0.3, 0.4) is 0 Å². The molecule has 8 nitrogen and oxygen atoms in total. The average Bonchev–Trinajstić information content (AvgIpc) is 2.48. The molecule has 23 heavy (non-hydrogen) atoms. The van der Waals surface area contributed by atoms with E-state index in [1.54, 1.807) is 11.9 Å². The summed E-state index contributed by atoms with van der Waals surface area (Å²) in [7, 11) is 0. The molecule has 1 aromatic carbocycles. The van der Waals surface area contributed by atoms with Gasteiger partial charge in [-0.05, 0) is 19.1 Å². The van der Waals surface area contributed by atoms with E-state index in [0.717, 1.165) is 0 Å². The second-order valence-corrected chi connectivity index (χ2v) is 4.52. The van der Waals surface area contributed by atoms with Crippen molar-refractivity contribution in [1.29, 1.82) is 0 Å². The maximum absolute atomic E-state index is 13.1. The van der Waals surface area contributed by atoms with Gasteiger partial charge < -0.3 is 15.2 Å². The van der Waals surface area contributed by atoms with Gasteiger partial charge in [0.15, 0.2) is 0 Å². The maximum Gasteiger partial charge on any atom is 0.328 e. The lowest BCUT2D eigenvalue weighted by atomic mass is 10.2. The van der Waals surface area contributed by atoms with E-state index in [-0.39, 0.29) is 11.4 Å². The number of hydrogen-bond acceptors (Lipinski definition) is 5. The first-order valence-electron chi connectivity index (χ1n) is 6.65. The molecule has 0 saturated heterocycles. The molecular weight excluding hydrogens is 309 g/mol. The molecular formula is C14H14FN3O5. The summed E-state index contributed by atoms with van der Waals surface area (Å²) in [5.74, 6) is -1.63. The molecule has 1 amide bonds. The number of benzene rings is 1. The molecule has 0 atom stereocenters. The Bertz CT molecular complexity index is 843. The van der Waals surface area contributed by atoms with Crippen molar-refractivity contribution in [3.8, 4) is 11.5 Å². The average molecular weight is 323 g/mol. The van der Waals surface area contributed by atoms with Crippen LogP contribution >= 0.6 is 0 Å². The van der Waals surface area contributed by atoms with Gasteiger partial charge in [-0.1, -0.05) is 0 Å². The lowest BCUT2D eigenvalue weighted by molar-refractivity contribution is -0.116. The Kier molecular flexibility index (Phi) is 4.79. The summed E-state index contributed by atoms with van der Waals surface area (Å²) in [6, 6.07) is 4.27. The summed E-state index contributed by atoms with van der Waals surface area (Å²) in [6.07, 6.45) is 0.636. The normalized spacial score (nSPS) is 10.3. The monoisotopic (exact) mass is 323 g/mol. The predicted molar refractivity (Wildman–Crippen MR) is 79.2 cm³/mol. The number of amides is 1. The van der Waals surface area contributed by atoms with Crippen LogP contribution in [0.4, 0.5) is 10.1 Å². The Balaban J connectivity index is 2.17. The van der Waals surface area contributed by atoms with E-state index in [2.05, 4.69) is 5.32 Å². The summed E-state index contributed by atoms with van der Waals surface area (Å²) < 4.78 is 19.1. The fourth-order valence-corrected chi connectivity index (χ4v) is 1.82. The number of halogens is 1. The molecule has 0 aliphatic rings. The molecule has 0 saturated carbocycles. The lowest BCUT2D eigenvalue weighted by Gasteiger charge is -2.10. The largest absolute Gasteiger partial charge is 0.506 e. The summed E-state index contributed by atoms with van der Waals surface area (Å²) in [5, 5.41) is 12.1. The molecule has 0 bridgehead atoms. The van der Waals surface area contributed by atoms with Crippen molar-refractivity contribution in [1.82, 2.24) is 9.55 Å². The van der Waals surface area contributed by atoms with Crippen LogP contribution in [0.5, 0.6) is 11.5 Å². The fourth-order valence-electron chi connectivity index (χ4n) is 1.82. The third kappa shape index (κ3) is 3.96. The van der Waals surface area contributed by atoms with Gasteiger partial charge in [0.25, 0.3) is 5.56 Å². The van der Waals surface area contributed by atoms with Crippen LogP contribution in [-0.4, -0.2) is 27.2 Å². The molecule has 0 aliphatic heterocycles. The molecule has 0 radical (unpaired) electrons. The number of ether oxygens (including phenoxy) is 1. The number of aromatic hydroxyl groups is 1. The zero-order chi connectivity index (χ0) is 17.0. The number of aromatic amines is 1. The lowest BCUT2D eigenvalue weighted by Crippen LogP contribution is -2.34. The molecule has 9 heteroatoms. The van der Waals surface area contributed by atoms with Gasteiger partial charge in [0, 0.05) is 6.07 Å². The number of aromatic nitrogens is 2. The predicted octanol–water partition coefficient (Wildman–Crippen LogP) is 0.419. The highest BCUT2D eigenvalue weighted by Crippen LogP contribution is 2.27. The first-order chi connectivity index (χ1) is 10.9. The molecule has 3 N–H and O–H groups in total. The number of anilines is 1. The molecule has 1 heterocycles. The van der Waals surface area contributed by atoms with Crippen LogP contribution in [0, 0.1) is 5.82 Å². The molecule has 2 rings (SSSR count). The van der Waals surface area contributed by atoms with Crippen molar-refractivity contribution in [3.05, 3.63) is 51.1 Å². The molecule has 122 valence electrons. The number of carbonyl (C=O) groups is 1. The standard InChI is InChI=1S/C14H14FN3O5/c1-2-23-8-3-4-11(19)10(5-8)16-12(20)7-18-6-9(15)13(21)17-14(18)22/h3-6,19H,2,7H2,1H3,(H,16,20)(H,17,21,22). The number of rotatable bonds is 5. The van der Waals surface area contributed by atoms with E-state index < -0.39 is 29.5 Å². The van der Waals surface area contributed by atoms with Gasteiger partial charge in [-0.2, -0.15) is 4.39 Å². The van der Waals surface area contributed by atoms with Gasteiger partial charge in [-0.15, -0.1) is 0 Å². The van der Waals surface area contributed by atoms with E-state index in [0.29, 0.717) is 23.1 Å². The van der Waals surface area contributed by atoms with Crippen LogP contribution < -0.4 is 21.3 Å². The van der Waals surface area contributed by atoms with Gasteiger partial charge >= 0.3 is 5.69 Å². The Morgan fingerprint density at radius 3 is 2.87 bits per heavy atom. The molecule has 1 aromatic heterocycles. The smallest absolute Gasteiger partial charge is 0.328 e. The molecule has 0 aliphatic carbocycles. The zero-order valence-corrected chi connectivity index (χ0v) is 12.1. The third-order valence-electron chi connectivity index (χ3n) is 2.83. The zero-order valence-electron chi connectivity index (χ0n) is 12.1. The Labute approximate surface area is 129 Å². The van der Waals surface area contributed by atoms with Crippen molar-refractivity contribution >= 4 is 11.6 Å². The van der Waals surface area contributed by atoms with Crippen molar-refractivity contribution in [2.45, 2.75) is 13.5 Å².